The molecule has 0 saturated heterocycles. The SMILES string of the molecule is C/C(=C\SCc1ccccc1)SCc1ccccc1. The van der Waals surface area contributed by atoms with Crippen molar-refractivity contribution in [3.63, 3.8) is 0 Å². The fourth-order valence-corrected chi connectivity index (χ4v) is 3.40. The molecule has 0 fully saturated rings. The van der Waals surface area contributed by atoms with Gasteiger partial charge in [-0.05, 0) is 28.4 Å². The number of hydrogen-bond donors (Lipinski definition) is 0. The van der Waals surface area contributed by atoms with Crippen LogP contribution in [0.15, 0.2) is 71.0 Å². The van der Waals surface area contributed by atoms with Crippen LogP contribution in [0.5, 0.6) is 0 Å². The minimum atomic E-state index is 1.05. The first-order chi connectivity index (χ1) is 9.34. The van der Waals surface area contributed by atoms with Crippen molar-refractivity contribution >= 4 is 23.5 Å². The third-order valence-corrected chi connectivity index (χ3v) is 4.87. The van der Waals surface area contributed by atoms with Crippen LogP contribution in [0.25, 0.3) is 0 Å². The average molecular weight is 286 g/mol. The van der Waals surface area contributed by atoms with Crippen LogP contribution in [-0.4, -0.2) is 0 Å². The van der Waals surface area contributed by atoms with Gasteiger partial charge >= 0.3 is 0 Å². The van der Waals surface area contributed by atoms with E-state index in [0.29, 0.717) is 0 Å². The van der Waals surface area contributed by atoms with Gasteiger partial charge in [-0.3, -0.25) is 0 Å². The van der Waals surface area contributed by atoms with Gasteiger partial charge in [-0.15, -0.1) is 23.5 Å². The van der Waals surface area contributed by atoms with Crippen molar-refractivity contribution in [2.75, 3.05) is 0 Å². The van der Waals surface area contributed by atoms with E-state index in [9.17, 15) is 0 Å². The van der Waals surface area contributed by atoms with Gasteiger partial charge in [-0.2, -0.15) is 0 Å². The number of benzene rings is 2. The number of hydrogen-bond acceptors (Lipinski definition) is 2. The Morgan fingerprint density at radius 2 is 1.37 bits per heavy atom. The lowest BCUT2D eigenvalue weighted by Gasteiger charge is -2.02. The average Bonchev–Trinajstić information content (AvgIpc) is 2.47. The first kappa shape index (κ1) is 14.3. The molecule has 0 N–H and O–H groups in total. The molecule has 0 bridgehead atoms. The summed E-state index contributed by atoms with van der Waals surface area (Å²) in [5.74, 6) is 2.10. The van der Waals surface area contributed by atoms with Crippen LogP contribution in [0.1, 0.15) is 18.1 Å². The fourth-order valence-electron chi connectivity index (χ4n) is 1.63. The van der Waals surface area contributed by atoms with Crippen molar-refractivity contribution in [1.82, 2.24) is 0 Å². The van der Waals surface area contributed by atoms with Crippen LogP contribution >= 0.6 is 23.5 Å². The Hall–Kier alpha value is -1.12. The molecule has 0 unspecified atom stereocenters. The maximum absolute atomic E-state index is 2.26. The van der Waals surface area contributed by atoms with Gasteiger partial charge in [0.05, 0.1) is 0 Å². The predicted octanol–water partition coefficient (Wildman–Crippen LogP) is 5.71. The van der Waals surface area contributed by atoms with E-state index < -0.39 is 0 Å². The lowest BCUT2D eigenvalue weighted by Crippen LogP contribution is -1.79. The minimum absolute atomic E-state index is 1.05. The van der Waals surface area contributed by atoms with E-state index in [-0.39, 0.29) is 0 Å². The van der Waals surface area contributed by atoms with E-state index >= 15 is 0 Å². The van der Waals surface area contributed by atoms with Gasteiger partial charge in [0.15, 0.2) is 0 Å². The molecule has 0 radical (unpaired) electrons. The first-order valence-electron chi connectivity index (χ1n) is 6.33. The standard InChI is InChI=1S/C17H18S2/c1-15(19-14-17-10-6-3-7-11-17)12-18-13-16-8-4-2-5-9-16/h2-12H,13-14H2,1H3/b15-12+. The Kier molecular flexibility index (Phi) is 6.12. The number of thioether (sulfide) groups is 2. The van der Waals surface area contributed by atoms with Gasteiger partial charge in [0, 0.05) is 11.5 Å². The van der Waals surface area contributed by atoms with Gasteiger partial charge < -0.3 is 0 Å². The van der Waals surface area contributed by atoms with Crippen molar-refractivity contribution in [1.29, 1.82) is 0 Å². The van der Waals surface area contributed by atoms with E-state index in [1.165, 1.54) is 16.0 Å². The summed E-state index contributed by atoms with van der Waals surface area (Å²) < 4.78 is 0. The molecule has 0 aliphatic rings. The molecule has 0 amide bonds. The second-order valence-corrected chi connectivity index (χ2v) is 6.38. The smallest absolute Gasteiger partial charge is 0.0228 e. The molecule has 0 saturated carbocycles. The molecular weight excluding hydrogens is 268 g/mol. The zero-order chi connectivity index (χ0) is 13.3. The van der Waals surface area contributed by atoms with Crippen molar-refractivity contribution in [2.24, 2.45) is 0 Å². The summed E-state index contributed by atoms with van der Waals surface area (Å²) in [6, 6.07) is 21.2. The van der Waals surface area contributed by atoms with Crippen LogP contribution in [0.3, 0.4) is 0 Å². The van der Waals surface area contributed by atoms with Crippen LogP contribution in [0.4, 0.5) is 0 Å². The molecule has 2 heteroatoms. The molecule has 0 atom stereocenters. The topological polar surface area (TPSA) is 0 Å². The number of allylic oxidation sites excluding steroid dienone is 1. The molecule has 0 heterocycles. The summed E-state index contributed by atoms with van der Waals surface area (Å²) in [5, 5.41) is 2.26. The summed E-state index contributed by atoms with van der Waals surface area (Å²) in [6.45, 7) is 2.19. The van der Waals surface area contributed by atoms with Crippen molar-refractivity contribution in [3.05, 3.63) is 82.1 Å². The van der Waals surface area contributed by atoms with E-state index in [2.05, 4.69) is 73.0 Å². The van der Waals surface area contributed by atoms with Crippen LogP contribution in [0.2, 0.25) is 0 Å². The molecule has 0 aromatic heterocycles. The lowest BCUT2D eigenvalue weighted by atomic mass is 10.2. The Balaban J connectivity index is 1.74. The highest BCUT2D eigenvalue weighted by atomic mass is 32.2. The van der Waals surface area contributed by atoms with Crippen molar-refractivity contribution < 1.29 is 0 Å². The van der Waals surface area contributed by atoms with Gasteiger partial charge in [0.25, 0.3) is 0 Å². The number of rotatable bonds is 6. The van der Waals surface area contributed by atoms with Gasteiger partial charge in [-0.1, -0.05) is 60.7 Å². The van der Waals surface area contributed by atoms with Gasteiger partial charge in [-0.25, -0.2) is 0 Å². The molecule has 0 aliphatic carbocycles. The third kappa shape index (κ3) is 5.58. The van der Waals surface area contributed by atoms with Crippen LogP contribution in [0, 0.1) is 0 Å². The summed E-state index contributed by atoms with van der Waals surface area (Å²) in [4.78, 5) is 1.38. The Morgan fingerprint density at radius 1 is 0.842 bits per heavy atom. The quantitative estimate of drug-likeness (QED) is 0.666. The highest BCUT2D eigenvalue weighted by Gasteiger charge is 1.95. The summed E-state index contributed by atoms with van der Waals surface area (Å²) in [6.07, 6.45) is 0. The Morgan fingerprint density at radius 3 is 1.95 bits per heavy atom. The highest BCUT2D eigenvalue weighted by molar-refractivity contribution is 8.05. The van der Waals surface area contributed by atoms with Crippen molar-refractivity contribution in [3.8, 4) is 0 Å². The fraction of sp³-hybridized carbons (Fsp3) is 0.176. The van der Waals surface area contributed by atoms with Gasteiger partial charge in [0.1, 0.15) is 0 Å². The highest BCUT2D eigenvalue weighted by Crippen LogP contribution is 2.24. The maximum Gasteiger partial charge on any atom is 0.0228 e. The maximum atomic E-state index is 2.26. The molecule has 0 aliphatic heterocycles. The molecule has 2 rings (SSSR count). The summed E-state index contributed by atoms with van der Waals surface area (Å²) in [7, 11) is 0. The van der Waals surface area contributed by atoms with Crippen LogP contribution in [-0.2, 0) is 11.5 Å². The van der Waals surface area contributed by atoms with Crippen molar-refractivity contribution in [2.45, 2.75) is 18.4 Å². The summed E-state index contributed by atoms with van der Waals surface area (Å²) in [5.41, 5.74) is 2.76. The normalized spacial score (nSPS) is 11.5. The minimum Gasteiger partial charge on any atom is -0.129 e. The third-order valence-electron chi connectivity index (χ3n) is 2.65. The molecule has 19 heavy (non-hydrogen) atoms. The van der Waals surface area contributed by atoms with Crippen LogP contribution < -0.4 is 0 Å². The predicted molar refractivity (Wildman–Crippen MR) is 89.2 cm³/mol. The Bertz CT molecular complexity index is 503. The van der Waals surface area contributed by atoms with E-state index in [1.807, 2.05) is 23.5 Å². The second kappa shape index (κ2) is 8.13. The van der Waals surface area contributed by atoms with E-state index in [1.54, 1.807) is 0 Å². The molecule has 2 aromatic rings. The van der Waals surface area contributed by atoms with E-state index in [4.69, 9.17) is 0 Å². The summed E-state index contributed by atoms with van der Waals surface area (Å²) >= 11 is 3.77. The zero-order valence-corrected chi connectivity index (χ0v) is 12.7. The largest absolute Gasteiger partial charge is 0.129 e. The van der Waals surface area contributed by atoms with Gasteiger partial charge in [0.2, 0.25) is 0 Å². The molecule has 2 aromatic carbocycles. The molecular formula is C17H18S2. The van der Waals surface area contributed by atoms with E-state index in [0.717, 1.165) is 11.5 Å². The molecule has 98 valence electrons. The monoisotopic (exact) mass is 286 g/mol. The molecule has 0 nitrogen and oxygen atoms in total. The Labute approximate surface area is 124 Å². The zero-order valence-electron chi connectivity index (χ0n) is 11.1. The lowest BCUT2D eigenvalue weighted by molar-refractivity contribution is 1.41. The molecule has 0 spiro atoms. The second-order valence-electron chi connectivity index (χ2n) is 4.30. The first-order valence-corrected chi connectivity index (χ1v) is 8.37.